The molecule has 7 atom stereocenters. The molecule has 13 nitrogen and oxygen atoms in total. The van der Waals surface area contributed by atoms with E-state index in [-0.39, 0.29) is 23.4 Å². The van der Waals surface area contributed by atoms with Crippen LogP contribution in [0.5, 0.6) is 23.0 Å². The number of methoxy groups -OCH3 is 6. The Morgan fingerprint density at radius 1 is 0.957 bits per heavy atom. The van der Waals surface area contributed by atoms with Gasteiger partial charge < -0.3 is 33.2 Å². The topological polar surface area (TPSA) is 144 Å². The summed E-state index contributed by atoms with van der Waals surface area (Å²) in [6, 6.07) is 8.40. The fraction of sp³-hybridized carbons (Fsp3) is 0.545. The standard InChI is InChI=1S/C33H40N2O11/c1-39-19-7-8-21-22(14-19)34-30-23-15-20-18(16-35(23)10-9-33(21,30)46-38)13-26(29(43-5)27(20)32(37)44-6)45-31(36)17-11-24(40-2)28(42-4)25(12-17)41-3/h7-8,11-12,14,18,20,23,26-27,29,38H,9-10,13,15-16H2,1-6H3/t18-,20+,23-,26-,27+,29+,33-/m1/s1. The van der Waals surface area contributed by atoms with Crippen LogP contribution < -0.4 is 18.9 Å². The van der Waals surface area contributed by atoms with Crippen molar-refractivity contribution >= 4 is 23.3 Å². The van der Waals surface area contributed by atoms with Gasteiger partial charge in [0.15, 0.2) is 17.1 Å². The minimum atomic E-state index is -1.08. The molecule has 2 aromatic rings. The second-order valence-electron chi connectivity index (χ2n) is 12.1. The van der Waals surface area contributed by atoms with Crippen molar-refractivity contribution in [3.05, 3.63) is 41.5 Å². The van der Waals surface area contributed by atoms with Crippen LogP contribution in [0.3, 0.4) is 0 Å². The molecule has 3 fully saturated rings. The predicted molar refractivity (Wildman–Crippen MR) is 163 cm³/mol. The molecule has 0 amide bonds. The van der Waals surface area contributed by atoms with Crippen molar-refractivity contribution in [1.82, 2.24) is 4.90 Å². The average Bonchev–Trinajstić information content (AvgIpc) is 3.43. The lowest BCUT2D eigenvalue weighted by Crippen LogP contribution is -2.65. The van der Waals surface area contributed by atoms with Gasteiger partial charge in [0, 0.05) is 38.2 Å². The molecule has 0 aromatic heterocycles. The third-order valence-corrected chi connectivity index (χ3v) is 10.1. The van der Waals surface area contributed by atoms with Gasteiger partial charge in [-0.15, -0.1) is 0 Å². The highest BCUT2D eigenvalue weighted by molar-refractivity contribution is 6.05. The quantitative estimate of drug-likeness (QED) is 0.243. The Morgan fingerprint density at radius 2 is 1.70 bits per heavy atom. The summed E-state index contributed by atoms with van der Waals surface area (Å²) in [5.74, 6) is -0.325. The highest BCUT2D eigenvalue weighted by Gasteiger charge is 2.59. The van der Waals surface area contributed by atoms with Crippen LogP contribution in [-0.4, -0.2) is 102 Å². The summed E-state index contributed by atoms with van der Waals surface area (Å²) < 4.78 is 39.0. The van der Waals surface area contributed by atoms with E-state index in [1.807, 2.05) is 18.2 Å². The van der Waals surface area contributed by atoms with Crippen molar-refractivity contribution in [2.45, 2.75) is 43.1 Å². The zero-order valence-electron chi connectivity index (χ0n) is 26.8. The van der Waals surface area contributed by atoms with Crippen LogP contribution in [0.15, 0.2) is 35.3 Å². The largest absolute Gasteiger partial charge is 0.497 e. The minimum absolute atomic E-state index is 0.0171. The molecule has 0 spiro atoms. The van der Waals surface area contributed by atoms with Gasteiger partial charge in [0.25, 0.3) is 0 Å². The summed E-state index contributed by atoms with van der Waals surface area (Å²) in [6.45, 7) is 1.25. The van der Waals surface area contributed by atoms with Crippen LogP contribution in [0, 0.1) is 17.8 Å². The summed E-state index contributed by atoms with van der Waals surface area (Å²) >= 11 is 0. The summed E-state index contributed by atoms with van der Waals surface area (Å²) in [6.07, 6.45) is 0.0226. The Bertz CT molecular complexity index is 1500. The van der Waals surface area contributed by atoms with Gasteiger partial charge in [-0.1, -0.05) is 0 Å². The van der Waals surface area contributed by atoms with Gasteiger partial charge in [-0.05, 0) is 48.9 Å². The third kappa shape index (κ3) is 5.05. The van der Waals surface area contributed by atoms with Crippen molar-refractivity contribution in [2.24, 2.45) is 22.7 Å². The number of rotatable bonds is 9. The maximum absolute atomic E-state index is 13.6. The van der Waals surface area contributed by atoms with Gasteiger partial charge >= 0.3 is 11.9 Å². The van der Waals surface area contributed by atoms with E-state index in [4.69, 9.17) is 43.0 Å². The maximum Gasteiger partial charge on any atom is 0.338 e. The van der Waals surface area contributed by atoms with Crippen molar-refractivity contribution in [3.8, 4) is 23.0 Å². The molecular weight excluding hydrogens is 600 g/mol. The fourth-order valence-corrected chi connectivity index (χ4v) is 8.03. The molecule has 2 saturated heterocycles. The second kappa shape index (κ2) is 12.7. The molecule has 13 heteroatoms. The van der Waals surface area contributed by atoms with Crippen molar-refractivity contribution in [3.63, 3.8) is 0 Å². The zero-order valence-corrected chi connectivity index (χ0v) is 26.8. The van der Waals surface area contributed by atoms with Crippen LogP contribution in [0.2, 0.25) is 0 Å². The Labute approximate surface area is 267 Å². The first-order chi connectivity index (χ1) is 22.3. The number of hydrogen-bond donors (Lipinski definition) is 1. The van der Waals surface area contributed by atoms with Gasteiger partial charge in [0.2, 0.25) is 5.75 Å². The van der Waals surface area contributed by atoms with Gasteiger partial charge in [0.05, 0.1) is 64.5 Å². The van der Waals surface area contributed by atoms with Gasteiger partial charge in [-0.2, -0.15) is 0 Å². The van der Waals surface area contributed by atoms with E-state index in [1.54, 1.807) is 7.11 Å². The fourth-order valence-electron chi connectivity index (χ4n) is 8.03. The molecule has 1 saturated carbocycles. The van der Waals surface area contributed by atoms with Crippen molar-refractivity contribution in [2.75, 3.05) is 55.7 Å². The lowest BCUT2D eigenvalue weighted by atomic mass is 9.62. The monoisotopic (exact) mass is 640 g/mol. The summed E-state index contributed by atoms with van der Waals surface area (Å²) in [5.41, 5.74) is 1.31. The highest BCUT2D eigenvalue weighted by atomic mass is 17.1. The number of carbonyl (C=O) groups is 2. The van der Waals surface area contributed by atoms with Crippen LogP contribution in [0.25, 0.3) is 0 Å². The van der Waals surface area contributed by atoms with E-state index in [0.29, 0.717) is 66.7 Å². The van der Waals surface area contributed by atoms with Crippen LogP contribution in [0.4, 0.5) is 5.69 Å². The van der Waals surface area contributed by atoms with Crippen LogP contribution in [0.1, 0.15) is 35.2 Å². The Morgan fingerprint density at radius 3 is 2.30 bits per heavy atom. The van der Waals surface area contributed by atoms with E-state index in [2.05, 4.69) is 4.90 Å². The van der Waals surface area contributed by atoms with Gasteiger partial charge in [-0.25, -0.2) is 9.68 Å². The van der Waals surface area contributed by atoms with E-state index < -0.39 is 35.7 Å². The van der Waals surface area contributed by atoms with E-state index in [0.717, 1.165) is 5.56 Å². The molecule has 1 N–H and O–H groups in total. The molecule has 46 heavy (non-hydrogen) atoms. The lowest BCUT2D eigenvalue weighted by Gasteiger charge is -2.54. The maximum atomic E-state index is 13.6. The first-order valence-electron chi connectivity index (χ1n) is 15.2. The molecule has 4 aliphatic rings. The number of benzene rings is 2. The number of fused-ring (bicyclic) bond motifs is 6. The van der Waals surface area contributed by atoms with Crippen LogP contribution in [-0.2, 0) is 29.5 Å². The smallest absolute Gasteiger partial charge is 0.338 e. The van der Waals surface area contributed by atoms with Crippen LogP contribution >= 0.6 is 0 Å². The second-order valence-corrected chi connectivity index (χ2v) is 12.1. The number of piperidine rings is 2. The molecule has 6 rings (SSSR count). The zero-order chi connectivity index (χ0) is 32.7. The Kier molecular flexibility index (Phi) is 8.85. The van der Waals surface area contributed by atoms with Gasteiger partial charge in [0.1, 0.15) is 18.0 Å². The van der Waals surface area contributed by atoms with Crippen molar-refractivity contribution < 1.29 is 52.9 Å². The molecule has 0 unspecified atom stereocenters. The molecule has 0 bridgehead atoms. The van der Waals surface area contributed by atoms with Crippen molar-refractivity contribution in [1.29, 1.82) is 0 Å². The molecule has 3 heterocycles. The molecule has 0 radical (unpaired) electrons. The van der Waals surface area contributed by atoms with E-state index in [9.17, 15) is 14.8 Å². The summed E-state index contributed by atoms with van der Waals surface area (Å²) in [5, 5.41) is 10.3. The number of carbonyl (C=O) groups excluding carboxylic acids is 2. The Balaban J connectivity index is 1.30. The van der Waals surface area contributed by atoms with E-state index in [1.165, 1.54) is 47.7 Å². The average molecular weight is 641 g/mol. The third-order valence-electron chi connectivity index (χ3n) is 10.1. The summed E-state index contributed by atoms with van der Waals surface area (Å²) in [7, 11) is 8.87. The first-order valence-corrected chi connectivity index (χ1v) is 15.2. The summed E-state index contributed by atoms with van der Waals surface area (Å²) in [4.78, 5) is 39.6. The van der Waals surface area contributed by atoms with E-state index >= 15 is 0 Å². The molecule has 1 aliphatic carbocycles. The molecule has 248 valence electrons. The van der Waals surface area contributed by atoms with Gasteiger partial charge in [-0.3, -0.25) is 19.9 Å². The molecular formula is C33H40N2O11. The first kappa shape index (κ1) is 32.0. The predicted octanol–water partition coefficient (Wildman–Crippen LogP) is 3.64. The number of aliphatic imine (C=N–C) groups is 1. The highest BCUT2D eigenvalue weighted by Crippen LogP contribution is 2.53. The number of esters is 2. The lowest BCUT2D eigenvalue weighted by molar-refractivity contribution is -0.311. The normalized spacial score (nSPS) is 29.7. The number of hydrogen-bond acceptors (Lipinski definition) is 13. The SMILES string of the molecule is COC(=O)[C@H]1[C@H]2C[C@@H]3C4=Nc5cc(OC)ccc5[C@]4(OO)CCN3C[C@H]2C[C@@H](OC(=O)c2cc(OC)c(OC)c(OC)c2)[C@@H]1OC. The molecule has 3 aliphatic heterocycles. The minimum Gasteiger partial charge on any atom is -0.497 e. The Hall–Kier alpha value is -3.91. The number of nitrogens with zero attached hydrogens (tertiary/aromatic N) is 2. The molecule has 2 aromatic carbocycles. The number of ether oxygens (including phenoxy) is 7.